The molecule has 1 aromatic heterocycles. The highest BCUT2D eigenvalue weighted by Crippen LogP contribution is 2.09. The Morgan fingerprint density at radius 1 is 1.24 bits per heavy atom. The van der Waals surface area contributed by atoms with Gasteiger partial charge in [-0.25, -0.2) is 0 Å². The van der Waals surface area contributed by atoms with Crippen LogP contribution in [0.5, 0.6) is 0 Å². The Kier molecular flexibility index (Phi) is 5.45. The molecule has 0 fully saturated rings. The molecule has 0 aliphatic heterocycles. The van der Waals surface area contributed by atoms with Crippen LogP contribution in [0, 0.1) is 6.92 Å². The number of carbonyl (C=O) groups is 1. The fraction of sp³-hybridized carbons (Fsp3) is 0.400. The minimum atomic E-state index is -0.0677. The van der Waals surface area contributed by atoms with Gasteiger partial charge in [0.15, 0.2) is 5.82 Å². The van der Waals surface area contributed by atoms with Crippen molar-refractivity contribution in [1.29, 1.82) is 0 Å². The lowest BCUT2D eigenvalue weighted by atomic mass is 10.0. The number of benzene rings is 1. The van der Waals surface area contributed by atoms with Crippen molar-refractivity contribution in [1.82, 2.24) is 20.8 Å². The number of nitrogens with one attached hydrogen (secondary N) is 2. The number of amides is 1. The van der Waals surface area contributed by atoms with Gasteiger partial charge in [0.1, 0.15) is 0 Å². The van der Waals surface area contributed by atoms with E-state index in [1.54, 1.807) is 6.92 Å². The highest BCUT2D eigenvalue weighted by atomic mass is 16.5. The zero-order valence-corrected chi connectivity index (χ0v) is 12.3. The quantitative estimate of drug-likeness (QED) is 0.798. The fourth-order valence-electron chi connectivity index (χ4n) is 2.05. The van der Waals surface area contributed by atoms with Crippen LogP contribution in [0.1, 0.15) is 27.6 Å². The van der Waals surface area contributed by atoms with Gasteiger partial charge in [-0.3, -0.25) is 4.79 Å². The zero-order valence-electron chi connectivity index (χ0n) is 12.3. The molecule has 0 unspecified atom stereocenters. The molecule has 21 heavy (non-hydrogen) atoms. The summed E-state index contributed by atoms with van der Waals surface area (Å²) < 4.78 is 4.89. The number of nitrogens with zero attached hydrogens (tertiary/aromatic N) is 2. The average molecular weight is 288 g/mol. The molecule has 0 bridgehead atoms. The average Bonchev–Trinajstić information content (AvgIpc) is 2.91. The maximum absolute atomic E-state index is 12.2. The summed E-state index contributed by atoms with van der Waals surface area (Å²) in [6.07, 6.45) is 1.38. The largest absolute Gasteiger partial charge is 0.352 e. The number of rotatable bonds is 7. The molecule has 0 saturated heterocycles. The van der Waals surface area contributed by atoms with Crippen molar-refractivity contribution in [2.75, 3.05) is 20.1 Å². The minimum absolute atomic E-state index is 0.0677. The number of carbonyl (C=O) groups excluding carboxylic acids is 1. The standard InChI is InChI=1S/C15H20N4O2/c1-11-18-14(19-21-11)8-10-17-15(20)13-6-4-3-5-12(13)7-9-16-2/h3-6,16H,7-10H2,1-2H3,(H,17,20). The van der Waals surface area contributed by atoms with Crippen molar-refractivity contribution in [3.8, 4) is 0 Å². The first-order valence-corrected chi connectivity index (χ1v) is 7.00. The highest BCUT2D eigenvalue weighted by molar-refractivity contribution is 5.95. The molecular formula is C15H20N4O2. The van der Waals surface area contributed by atoms with Crippen molar-refractivity contribution in [3.05, 3.63) is 47.1 Å². The Labute approximate surface area is 123 Å². The van der Waals surface area contributed by atoms with E-state index in [2.05, 4.69) is 20.8 Å². The van der Waals surface area contributed by atoms with E-state index >= 15 is 0 Å². The first kappa shape index (κ1) is 15.2. The molecule has 2 aromatic rings. The van der Waals surface area contributed by atoms with Crippen molar-refractivity contribution < 1.29 is 9.32 Å². The van der Waals surface area contributed by atoms with Crippen LogP contribution in [0.15, 0.2) is 28.8 Å². The molecule has 1 heterocycles. The maximum Gasteiger partial charge on any atom is 0.251 e. The summed E-state index contributed by atoms with van der Waals surface area (Å²) in [5.41, 5.74) is 1.76. The molecule has 0 spiro atoms. The Hall–Kier alpha value is -2.21. The van der Waals surface area contributed by atoms with E-state index in [-0.39, 0.29) is 5.91 Å². The SMILES string of the molecule is CNCCc1ccccc1C(=O)NCCc1noc(C)n1. The highest BCUT2D eigenvalue weighted by Gasteiger charge is 2.10. The van der Waals surface area contributed by atoms with E-state index < -0.39 is 0 Å². The summed E-state index contributed by atoms with van der Waals surface area (Å²) in [6.45, 7) is 3.07. The molecule has 112 valence electrons. The smallest absolute Gasteiger partial charge is 0.251 e. The predicted octanol–water partition coefficient (Wildman–Crippen LogP) is 1.11. The Morgan fingerprint density at radius 2 is 2.05 bits per heavy atom. The molecule has 2 rings (SSSR count). The van der Waals surface area contributed by atoms with E-state index in [9.17, 15) is 4.79 Å². The lowest BCUT2D eigenvalue weighted by Gasteiger charge is -2.09. The Morgan fingerprint density at radius 3 is 2.76 bits per heavy atom. The number of hydrogen-bond donors (Lipinski definition) is 2. The van der Waals surface area contributed by atoms with Crippen LogP contribution >= 0.6 is 0 Å². The van der Waals surface area contributed by atoms with Crippen LogP contribution in [0.25, 0.3) is 0 Å². The van der Waals surface area contributed by atoms with Gasteiger partial charge in [-0.1, -0.05) is 23.4 Å². The second kappa shape index (κ2) is 7.54. The van der Waals surface area contributed by atoms with Gasteiger partial charge in [0.05, 0.1) is 0 Å². The predicted molar refractivity (Wildman–Crippen MR) is 79.1 cm³/mol. The van der Waals surface area contributed by atoms with Gasteiger partial charge >= 0.3 is 0 Å². The van der Waals surface area contributed by atoms with E-state index in [0.717, 1.165) is 24.1 Å². The molecular weight excluding hydrogens is 268 g/mol. The van der Waals surface area contributed by atoms with Crippen molar-refractivity contribution in [2.45, 2.75) is 19.8 Å². The lowest BCUT2D eigenvalue weighted by Crippen LogP contribution is -2.27. The van der Waals surface area contributed by atoms with Crippen LogP contribution in [0.4, 0.5) is 0 Å². The second-order valence-corrected chi connectivity index (χ2v) is 4.75. The van der Waals surface area contributed by atoms with Crippen LogP contribution in [0.2, 0.25) is 0 Å². The summed E-state index contributed by atoms with van der Waals surface area (Å²) in [7, 11) is 1.90. The zero-order chi connectivity index (χ0) is 15.1. The lowest BCUT2D eigenvalue weighted by molar-refractivity contribution is 0.0953. The van der Waals surface area contributed by atoms with Gasteiger partial charge in [0.2, 0.25) is 5.89 Å². The van der Waals surface area contributed by atoms with Crippen LogP contribution in [-0.4, -0.2) is 36.2 Å². The molecule has 1 aromatic carbocycles. The third-order valence-electron chi connectivity index (χ3n) is 3.11. The topological polar surface area (TPSA) is 80.0 Å². The van der Waals surface area contributed by atoms with Crippen LogP contribution in [-0.2, 0) is 12.8 Å². The van der Waals surface area contributed by atoms with Gasteiger partial charge < -0.3 is 15.2 Å². The number of hydrogen-bond acceptors (Lipinski definition) is 5. The third-order valence-corrected chi connectivity index (χ3v) is 3.11. The summed E-state index contributed by atoms with van der Waals surface area (Å²) in [5, 5.41) is 9.78. The Balaban J connectivity index is 1.90. The minimum Gasteiger partial charge on any atom is -0.352 e. The van der Waals surface area contributed by atoms with Crippen LogP contribution in [0.3, 0.4) is 0 Å². The van der Waals surface area contributed by atoms with Gasteiger partial charge in [-0.2, -0.15) is 4.98 Å². The first-order chi connectivity index (χ1) is 10.2. The molecule has 0 atom stereocenters. The molecule has 6 nitrogen and oxygen atoms in total. The number of likely N-dealkylation sites (N-methyl/N-ethyl adjacent to an activating group) is 1. The molecule has 1 amide bonds. The molecule has 0 aliphatic rings. The fourth-order valence-corrected chi connectivity index (χ4v) is 2.05. The Bertz CT molecular complexity index is 595. The van der Waals surface area contributed by atoms with E-state index in [1.165, 1.54) is 0 Å². The number of aryl methyl sites for hydroxylation is 1. The third kappa shape index (κ3) is 4.39. The summed E-state index contributed by atoms with van der Waals surface area (Å²) in [6, 6.07) is 7.65. The van der Waals surface area contributed by atoms with Gasteiger partial charge in [0, 0.05) is 25.5 Å². The van der Waals surface area contributed by atoms with Crippen molar-refractivity contribution in [3.63, 3.8) is 0 Å². The monoisotopic (exact) mass is 288 g/mol. The molecule has 0 radical (unpaired) electrons. The van der Waals surface area contributed by atoms with E-state index in [1.807, 2.05) is 31.3 Å². The van der Waals surface area contributed by atoms with Gasteiger partial charge in [-0.15, -0.1) is 0 Å². The summed E-state index contributed by atoms with van der Waals surface area (Å²) >= 11 is 0. The first-order valence-electron chi connectivity index (χ1n) is 7.00. The van der Waals surface area contributed by atoms with E-state index in [4.69, 9.17) is 4.52 Å². The summed E-state index contributed by atoms with van der Waals surface area (Å²) in [5.74, 6) is 1.08. The molecule has 2 N–H and O–H groups in total. The molecule has 0 saturated carbocycles. The molecule has 6 heteroatoms. The van der Waals surface area contributed by atoms with Crippen molar-refractivity contribution in [2.24, 2.45) is 0 Å². The second-order valence-electron chi connectivity index (χ2n) is 4.75. The molecule has 0 aliphatic carbocycles. The van der Waals surface area contributed by atoms with Crippen LogP contribution < -0.4 is 10.6 Å². The normalized spacial score (nSPS) is 10.6. The van der Waals surface area contributed by atoms with Gasteiger partial charge in [-0.05, 0) is 31.6 Å². The van der Waals surface area contributed by atoms with Crippen molar-refractivity contribution >= 4 is 5.91 Å². The maximum atomic E-state index is 12.2. The number of aromatic nitrogens is 2. The van der Waals surface area contributed by atoms with Gasteiger partial charge in [0.25, 0.3) is 5.91 Å². The summed E-state index contributed by atoms with van der Waals surface area (Å²) in [4.78, 5) is 16.3. The van der Waals surface area contributed by atoms with E-state index in [0.29, 0.717) is 24.7 Å².